The molecule has 136 valence electrons. The second-order valence-corrected chi connectivity index (χ2v) is 7.18. The third-order valence-electron chi connectivity index (χ3n) is 4.02. The van der Waals surface area contributed by atoms with Crippen LogP contribution in [-0.4, -0.2) is 26.9 Å². The van der Waals surface area contributed by atoms with Crippen LogP contribution in [0.25, 0.3) is 16.7 Å². The number of hydrogen-bond donors (Lipinski definition) is 1. The zero-order valence-corrected chi connectivity index (χ0v) is 15.9. The molecule has 2 aromatic carbocycles. The highest BCUT2D eigenvalue weighted by atomic mass is 35.5. The lowest BCUT2D eigenvalue weighted by Crippen LogP contribution is -2.09. The van der Waals surface area contributed by atoms with E-state index in [9.17, 15) is 4.79 Å². The number of halogens is 1. The smallest absolute Gasteiger partial charge is 0.262 e. The van der Waals surface area contributed by atoms with Crippen molar-refractivity contribution >= 4 is 34.4 Å². The van der Waals surface area contributed by atoms with Crippen LogP contribution >= 0.6 is 23.4 Å². The van der Waals surface area contributed by atoms with Crippen molar-refractivity contribution in [3.63, 3.8) is 0 Å². The number of thioether (sulfide) groups is 1. The van der Waals surface area contributed by atoms with Gasteiger partial charge in [-0.15, -0.1) is 0 Å². The molecule has 27 heavy (non-hydrogen) atoms. The molecule has 0 bridgehead atoms. The molecule has 6 nitrogen and oxygen atoms in total. The molecule has 0 amide bonds. The average Bonchev–Trinajstić information content (AvgIpc) is 3.12. The van der Waals surface area contributed by atoms with Crippen molar-refractivity contribution in [2.75, 3.05) is 7.11 Å². The van der Waals surface area contributed by atoms with Crippen molar-refractivity contribution in [3.05, 3.63) is 75.7 Å². The molecule has 0 atom stereocenters. The van der Waals surface area contributed by atoms with E-state index in [1.54, 1.807) is 11.8 Å². The predicted octanol–water partition coefficient (Wildman–Crippen LogP) is 4.06. The summed E-state index contributed by atoms with van der Waals surface area (Å²) in [6.07, 6.45) is 1.53. The van der Waals surface area contributed by atoms with Gasteiger partial charge in [0, 0.05) is 10.8 Å². The van der Waals surface area contributed by atoms with Gasteiger partial charge in [-0.25, -0.2) is 9.67 Å². The van der Waals surface area contributed by atoms with Gasteiger partial charge in [0.1, 0.15) is 11.1 Å². The topological polar surface area (TPSA) is 72.8 Å². The molecule has 0 aliphatic carbocycles. The van der Waals surface area contributed by atoms with Gasteiger partial charge in [0.2, 0.25) is 0 Å². The lowest BCUT2D eigenvalue weighted by molar-refractivity contribution is 0.414. The molecule has 2 heterocycles. The van der Waals surface area contributed by atoms with E-state index in [-0.39, 0.29) is 5.56 Å². The summed E-state index contributed by atoms with van der Waals surface area (Å²) >= 11 is 7.36. The van der Waals surface area contributed by atoms with Gasteiger partial charge < -0.3 is 9.72 Å². The maximum absolute atomic E-state index is 12.4. The molecule has 0 radical (unpaired) electrons. The highest BCUT2D eigenvalue weighted by Gasteiger charge is 2.12. The summed E-state index contributed by atoms with van der Waals surface area (Å²) in [5.74, 6) is 1.42. The van der Waals surface area contributed by atoms with Crippen LogP contribution in [0.5, 0.6) is 5.75 Å². The van der Waals surface area contributed by atoms with Gasteiger partial charge in [-0.3, -0.25) is 4.79 Å². The van der Waals surface area contributed by atoms with Gasteiger partial charge in [-0.05, 0) is 42.0 Å². The first-order chi connectivity index (χ1) is 13.1. The minimum absolute atomic E-state index is 0.210. The van der Waals surface area contributed by atoms with Crippen molar-refractivity contribution in [1.29, 1.82) is 0 Å². The molecule has 0 saturated carbocycles. The maximum Gasteiger partial charge on any atom is 0.262 e. The van der Waals surface area contributed by atoms with Gasteiger partial charge in [0.25, 0.3) is 5.56 Å². The molecule has 0 aliphatic heterocycles. The Kier molecular flexibility index (Phi) is 4.87. The number of methoxy groups -OCH3 is 1. The van der Waals surface area contributed by atoms with Crippen LogP contribution in [0, 0.1) is 0 Å². The highest BCUT2D eigenvalue weighted by Crippen LogP contribution is 2.22. The van der Waals surface area contributed by atoms with Crippen LogP contribution in [0.4, 0.5) is 0 Å². The number of H-pyrrole nitrogens is 1. The highest BCUT2D eigenvalue weighted by molar-refractivity contribution is 7.98. The summed E-state index contributed by atoms with van der Waals surface area (Å²) in [4.78, 5) is 19.8. The standard InChI is InChI=1S/C19H15ClN4O2S/c1-26-15-8-6-14(7-9-15)24-17-16(10-21-24)18(25)23-19(22-17)27-11-12-2-4-13(20)5-3-12/h2-10H,11H2,1H3,(H,22,23,25). The van der Waals surface area contributed by atoms with E-state index in [4.69, 9.17) is 16.3 Å². The molecule has 2 aromatic heterocycles. The van der Waals surface area contributed by atoms with Crippen LogP contribution in [0.2, 0.25) is 5.02 Å². The van der Waals surface area contributed by atoms with Crippen LogP contribution in [0.1, 0.15) is 5.56 Å². The maximum atomic E-state index is 12.4. The van der Waals surface area contributed by atoms with Gasteiger partial charge in [-0.1, -0.05) is 35.5 Å². The monoisotopic (exact) mass is 398 g/mol. The number of nitrogens with zero attached hydrogens (tertiary/aromatic N) is 3. The summed E-state index contributed by atoms with van der Waals surface area (Å²) in [5, 5.41) is 6.00. The number of rotatable bonds is 5. The molecular weight excluding hydrogens is 384 g/mol. The lowest BCUT2D eigenvalue weighted by atomic mass is 10.2. The van der Waals surface area contributed by atoms with Crippen molar-refractivity contribution < 1.29 is 4.74 Å². The zero-order valence-electron chi connectivity index (χ0n) is 14.3. The van der Waals surface area contributed by atoms with Crippen LogP contribution in [-0.2, 0) is 5.75 Å². The quantitative estimate of drug-likeness (QED) is 0.405. The Labute approximate surface area is 164 Å². The Hall–Kier alpha value is -2.77. The fourth-order valence-corrected chi connectivity index (χ4v) is 3.55. The second-order valence-electron chi connectivity index (χ2n) is 5.78. The summed E-state index contributed by atoms with van der Waals surface area (Å²) in [5.41, 5.74) is 2.20. The second kappa shape index (κ2) is 7.46. The van der Waals surface area contributed by atoms with Crippen molar-refractivity contribution in [1.82, 2.24) is 19.7 Å². The van der Waals surface area contributed by atoms with E-state index in [2.05, 4.69) is 15.1 Å². The normalized spacial score (nSPS) is 11.0. The van der Waals surface area contributed by atoms with Crippen LogP contribution < -0.4 is 10.3 Å². The number of nitrogens with one attached hydrogen (secondary N) is 1. The molecule has 1 N–H and O–H groups in total. The molecule has 0 saturated heterocycles. The van der Waals surface area contributed by atoms with Gasteiger partial charge in [0.05, 0.1) is 19.0 Å². The molecule has 8 heteroatoms. The van der Waals surface area contributed by atoms with E-state index in [0.29, 0.717) is 27.0 Å². The zero-order chi connectivity index (χ0) is 18.8. The summed E-state index contributed by atoms with van der Waals surface area (Å²) in [6, 6.07) is 15.0. The molecular formula is C19H15ClN4O2S. The summed E-state index contributed by atoms with van der Waals surface area (Å²) < 4.78 is 6.83. The fraction of sp³-hybridized carbons (Fsp3) is 0.105. The number of aromatic amines is 1. The predicted molar refractivity (Wildman–Crippen MR) is 107 cm³/mol. The minimum Gasteiger partial charge on any atom is -0.497 e. The van der Waals surface area contributed by atoms with Crippen molar-refractivity contribution in [2.45, 2.75) is 10.9 Å². The molecule has 4 aromatic rings. The Bertz CT molecular complexity index is 1140. The van der Waals surface area contributed by atoms with Crippen molar-refractivity contribution in [2.24, 2.45) is 0 Å². The Balaban J connectivity index is 1.66. The Morgan fingerprint density at radius 3 is 2.59 bits per heavy atom. The average molecular weight is 399 g/mol. The lowest BCUT2D eigenvalue weighted by Gasteiger charge is -2.06. The largest absolute Gasteiger partial charge is 0.497 e. The van der Waals surface area contributed by atoms with E-state index in [1.807, 2.05) is 48.5 Å². The first-order valence-electron chi connectivity index (χ1n) is 8.14. The molecule has 0 spiro atoms. The number of fused-ring (bicyclic) bond motifs is 1. The van der Waals surface area contributed by atoms with E-state index in [0.717, 1.165) is 17.0 Å². The number of ether oxygens (including phenoxy) is 1. The summed E-state index contributed by atoms with van der Waals surface area (Å²) in [7, 11) is 1.61. The minimum atomic E-state index is -0.210. The third-order valence-corrected chi connectivity index (χ3v) is 5.22. The number of benzene rings is 2. The SMILES string of the molecule is COc1ccc(-n2ncc3c(=O)[nH]c(SCc4ccc(Cl)cc4)nc32)cc1. The molecule has 4 rings (SSSR count). The van der Waals surface area contributed by atoms with Gasteiger partial charge in [-0.2, -0.15) is 5.10 Å². The van der Waals surface area contributed by atoms with Gasteiger partial charge >= 0.3 is 0 Å². The van der Waals surface area contributed by atoms with Crippen LogP contribution in [0.3, 0.4) is 0 Å². The number of aromatic nitrogens is 4. The summed E-state index contributed by atoms with van der Waals surface area (Å²) in [6.45, 7) is 0. The van der Waals surface area contributed by atoms with E-state index < -0.39 is 0 Å². The number of hydrogen-bond acceptors (Lipinski definition) is 5. The van der Waals surface area contributed by atoms with Crippen molar-refractivity contribution in [3.8, 4) is 11.4 Å². The Morgan fingerprint density at radius 1 is 1.15 bits per heavy atom. The first-order valence-corrected chi connectivity index (χ1v) is 9.50. The first kappa shape index (κ1) is 17.6. The molecule has 0 aliphatic rings. The third kappa shape index (κ3) is 3.70. The van der Waals surface area contributed by atoms with Crippen LogP contribution in [0.15, 0.2) is 64.7 Å². The molecule has 0 fully saturated rings. The van der Waals surface area contributed by atoms with E-state index >= 15 is 0 Å². The van der Waals surface area contributed by atoms with E-state index in [1.165, 1.54) is 18.0 Å². The Morgan fingerprint density at radius 2 is 1.89 bits per heavy atom. The molecule has 0 unspecified atom stereocenters. The van der Waals surface area contributed by atoms with Gasteiger partial charge in [0.15, 0.2) is 10.8 Å². The fourth-order valence-electron chi connectivity index (χ4n) is 2.61.